The molecule has 4 N–H and O–H groups in total. The molecule has 27 heavy (non-hydrogen) atoms. The van der Waals surface area contributed by atoms with Crippen LogP contribution in [0.3, 0.4) is 0 Å². The zero-order chi connectivity index (χ0) is 18.8. The highest BCUT2D eigenvalue weighted by molar-refractivity contribution is 5.82. The number of aromatic nitrogens is 4. The van der Waals surface area contributed by atoms with E-state index in [1.165, 1.54) is 6.33 Å². The van der Waals surface area contributed by atoms with Crippen LogP contribution < -0.4 is 5.32 Å². The van der Waals surface area contributed by atoms with Gasteiger partial charge in [-0.05, 0) is 5.56 Å². The van der Waals surface area contributed by atoms with Crippen molar-refractivity contribution in [3.8, 4) is 0 Å². The van der Waals surface area contributed by atoms with Gasteiger partial charge in [-0.15, -0.1) is 0 Å². The normalized spacial score (nSPS) is 23.6. The van der Waals surface area contributed by atoms with Crippen LogP contribution >= 0.6 is 0 Å². The van der Waals surface area contributed by atoms with Crippen molar-refractivity contribution in [2.75, 3.05) is 18.5 Å². The molecule has 2 aromatic heterocycles. The molecule has 0 saturated carbocycles. The molecule has 4 rings (SSSR count). The summed E-state index contributed by atoms with van der Waals surface area (Å²) >= 11 is 0. The molecular weight excluding hydrogens is 350 g/mol. The quantitative estimate of drug-likeness (QED) is 0.497. The van der Waals surface area contributed by atoms with Crippen LogP contribution in [0, 0.1) is 0 Å². The molecule has 0 radical (unpaired) electrons. The Labute approximate surface area is 155 Å². The Balaban J connectivity index is 1.53. The number of hydrogen-bond donors (Lipinski definition) is 4. The highest BCUT2D eigenvalue weighted by Crippen LogP contribution is 2.31. The number of aliphatic hydroxyl groups excluding tert-OH is 3. The van der Waals surface area contributed by atoms with Crippen LogP contribution in [0.25, 0.3) is 11.2 Å². The van der Waals surface area contributed by atoms with Gasteiger partial charge in [0.15, 0.2) is 17.0 Å². The van der Waals surface area contributed by atoms with Crippen LogP contribution in [0.1, 0.15) is 24.3 Å². The van der Waals surface area contributed by atoms with Crippen molar-refractivity contribution in [3.05, 3.63) is 48.5 Å². The van der Waals surface area contributed by atoms with Crippen LogP contribution in [0.2, 0.25) is 0 Å². The smallest absolute Gasteiger partial charge is 0.167 e. The minimum Gasteiger partial charge on any atom is -0.394 e. The predicted molar refractivity (Wildman–Crippen MR) is 96.8 cm³/mol. The van der Waals surface area contributed by atoms with Gasteiger partial charge in [0.25, 0.3) is 0 Å². The molecule has 3 aromatic rings. The second-order valence-corrected chi connectivity index (χ2v) is 6.47. The minimum atomic E-state index is -0.738. The van der Waals surface area contributed by atoms with Crippen LogP contribution in [0.5, 0.6) is 0 Å². The number of rotatable bonds is 6. The van der Waals surface area contributed by atoms with Crippen LogP contribution in [-0.4, -0.2) is 60.2 Å². The van der Waals surface area contributed by atoms with Crippen LogP contribution in [0.4, 0.5) is 5.82 Å². The lowest BCUT2D eigenvalue weighted by Crippen LogP contribution is -2.24. The molecule has 9 nitrogen and oxygen atoms in total. The van der Waals surface area contributed by atoms with Gasteiger partial charge in [-0.25, -0.2) is 15.0 Å². The average molecular weight is 371 g/mol. The molecular formula is C18H21N5O4. The maximum atomic E-state index is 10.3. The van der Waals surface area contributed by atoms with Crippen molar-refractivity contribution in [1.82, 2.24) is 19.5 Å². The molecule has 1 unspecified atom stereocenters. The fourth-order valence-corrected chi connectivity index (χ4v) is 3.23. The molecule has 9 heteroatoms. The molecule has 142 valence electrons. The Morgan fingerprint density at radius 1 is 1.22 bits per heavy atom. The third-order valence-corrected chi connectivity index (χ3v) is 4.70. The largest absolute Gasteiger partial charge is 0.394 e. The summed E-state index contributed by atoms with van der Waals surface area (Å²) in [5.41, 5.74) is 1.91. The summed E-state index contributed by atoms with van der Waals surface area (Å²) < 4.78 is 7.39. The molecule has 1 aliphatic rings. The Bertz CT molecular complexity index is 903. The average Bonchev–Trinajstić information content (AvgIpc) is 3.30. The van der Waals surface area contributed by atoms with Gasteiger partial charge in [-0.2, -0.15) is 0 Å². The van der Waals surface area contributed by atoms with Crippen molar-refractivity contribution >= 4 is 17.0 Å². The van der Waals surface area contributed by atoms with Gasteiger partial charge in [0, 0.05) is 13.0 Å². The van der Waals surface area contributed by atoms with Crippen LogP contribution in [0.15, 0.2) is 43.0 Å². The zero-order valence-corrected chi connectivity index (χ0v) is 14.5. The fourth-order valence-electron chi connectivity index (χ4n) is 3.23. The first-order valence-corrected chi connectivity index (χ1v) is 8.76. The van der Waals surface area contributed by atoms with Crippen molar-refractivity contribution in [2.45, 2.75) is 31.0 Å². The topological polar surface area (TPSA) is 126 Å². The van der Waals surface area contributed by atoms with Gasteiger partial charge in [-0.3, -0.25) is 4.57 Å². The highest BCUT2D eigenvalue weighted by atomic mass is 16.5. The maximum Gasteiger partial charge on any atom is 0.167 e. The summed E-state index contributed by atoms with van der Waals surface area (Å²) in [5.74, 6) is 0.506. The van der Waals surface area contributed by atoms with E-state index in [1.54, 1.807) is 10.9 Å². The third-order valence-electron chi connectivity index (χ3n) is 4.70. The Morgan fingerprint density at radius 2 is 2.04 bits per heavy atom. The number of aliphatic hydroxyl groups is 3. The summed E-state index contributed by atoms with van der Waals surface area (Å²) in [4.78, 5) is 12.8. The third kappa shape index (κ3) is 3.50. The lowest BCUT2D eigenvalue weighted by molar-refractivity contribution is -0.0432. The van der Waals surface area contributed by atoms with Crippen LogP contribution in [-0.2, 0) is 4.74 Å². The van der Waals surface area contributed by atoms with Crippen molar-refractivity contribution in [1.29, 1.82) is 0 Å². The monoisotopic (exact) mass is 371 g/mol. The predicted octanol–water partition coefficient (Wildman–Crippen LogP) is 0.613. The van der Waals surface area contributed by atoms with Gasteiger partial charge in [-0.1, -0.05) is 30.3 Å². The molecule has 1 aromatic carbocycles. The van der Waals surface area contributed by atoms with Crippen molar-refractivity contribution in [3.63, 3.8) is 0 Å². The second kappa shape index (κ2) is 7.57. The molecule has 0 bridgehead atoms. The van der Waals surface area contributed by atoms with Gasteiger partial charge in [0.1, 0.15) is 18.7 Å². The summed E-state index contributed by atoms with van der Waals surface area (Å²) in [6, 6.07) is 9.36. The van der Waals surface area contributed by atoms with E-state index in [-0.39, 0.29) is 13.2 Å². The number of nitrogens with zero attached hydrogens (tertiary/aromatic N) is 4. The van der Waals surface area contributed by atoms with E-state index in [1.807, 2.05) is 30.3 Å². The van der Waals surface area contributed by atoms with Crippen molar-refractivity contribution in [2.24, 2.45) is 0 Å². The number of anilines is 1. The first-order chi connectivity index (χ1) is 13.2. The molecule has 3 heterocycles. The first-order valence-electron chi connectivity index (χ1n) is 8.76. The number of imidazole rings is 1. The van der Waals surface area contributed by atoms with Gasteiger partial charge in [0.05, 0.1) is 25.1 Å². The number of fused-ring (bicyclic) bond motifs is 1. The minimum absolute atomic E-state index is 0.247. The Kier molecular flexibility index (Phi) is 4.99. The SMILES string of the molecule is OC[C@H]1O[C@@H](n2cnc3c(NCC(O)c4ccccc4)ncnc32)C[C@@H]1O. The molecule has 1 fully saturated rings. The maximum absolute atomic E-state index is 10.3. The second-order valence-electron chi connectivity index (χ2n) is 6.47. The number of ether oxygens (including phenoxy) is 1. The standard InChI is InChI=1S/C18H21N5O4/c24-8-14-12(25)6-15(27-14)23-10-22-16-17(20-9-21-18(16)23)19-7-13(26)11-4-2-1-3-5-11/h1-5,9-10,12-15,24-26H,6-8H2,(H,19,20,21)/t12-,13?,14+,15+/m0/s1. The Morgan fingerprint density at radius 3 is 2.78 bits per heavy atom. The molecule has 0 spiro atoms. The number of nitrogens with one attached hydrogen (secondary N) is 1. The van der Waals surface area contributed by atoms with Gasteiger partial charge in [0.2, 0.25) is 0 Å². The summed E-state index contributed by atoms with van der Waals surface area (Å²) in [6.45, 7) is 0.0255. The van der Waals surface area contributed by atoms with E-state index in [9.17, 15) is 15.3 Å². The Hall–Kier alpha value is -2.59. The molecule has 0 amide bonds. The zero-order valence-electron chi connectivity index (χ0n) is 14.5. The lowest BCUT2D eigenvalue weighted by Gasteiger charge is -2.14. The van der Waals surface area contributed by atoms with E-state index in [0.717, 1.165) is 5.56 Å². The molecule has 0 aliphatic carbocycles. The van der Waals surface area contributed by atoms with Gasteiger partial charge >= 0.3 is 0 Å². The lowest BCUT2D eigenvalue weighted by atomic mass is 10.1. The highest BCUT2D eigenvalue weighted by Gasteiger charge is 2.35. The summed E-state index contributed by atoms with van der Waals surface area (Å²) in [6.07, 6.45) is 0.834. The first kappa shape index (κ1) is 17.8. The van der Waals surface area contributed by atoms with E-state index >= 15 is 0 Å². The van der Waals surface area contributed by atoms with Crippen molar-refractivity contribution < 1.29 is 20.1 Å². The summed E-state index contributed by atoms with van der Waals surface area (Å²) in [5, 5.41) is 32.6. The van der Waals surface area contributed by atoms with E-state index < -0.39 is 24.5 Å². The number of hydrogen-bond acceptors (Lipinski definition) is 8. The van der Waals surface area contributed by atoms with E-state index in [4.69, 9.17) is 4.74 Å². The molecule has 4 atom stereocenters. The van der Waals surface area contributed by atoms with E-state index in [2.05, 4.69) is 20.3 Å². The fraction of sp³-hybridized carbons (Fsp3) is 0.389. The van der Waals surface area contributed by atoms with E-state index in [0.29, 0.717) is 23.4 Å². The summed E-state index contributed by atoms with van der Waals surface area (Å²) in [7, 11) is 0. The van der Waals surface area contributed by atoms with Gasteiger partial charge < -0.3 is 25.4 Å². The molecule has 1 aliphatic heterocycles. The molecule has 1 saturated heterocycles. The number of benzene rings is 1.